The first-order valence-electron chi connectivity index (χ1n) is 6.34. The average Bonchev–Trinajstić information content (AvgIpc) is 2.79. The Labute approximate surface area is 112 Å². The van der Waals surface area contributed by atoms with Crippen LogP contribution < -0.4 is 9.47 Å². The van der Waals surface area contributed by atoms with Gasteiger partial charge in [-0.25, -0.2) is 4.79 Å². The van der Waals surface area contributed by atoms with Gasteiger partial charge in [-0.1, -0.05) is 0 Å². The molecule has 0 unspecified atom stereocenters. The van der Waals surface area contributed by atoms with Gasteiger partial charge in [0.2, 0.25) is 0 Å². The van der Waals surface area contributed by atoms with Gasteiger partial charge in [-0.05, 0) is 43.0 Å². The van der Waals surface area contributed by atoms with Gasteiger partial charge in [0.15, 0.2) is 11.5 Å². The van der Waals surface area contributed by atoms with Crippen LogP contribution in [0.1, 0.15) is 18.1 Å². The number of ether oxygens (including phenoxy) is 2. The SMILES string of the molecule is CCN(C(=O)O)C1Cc2cc(OC)c(OC)cc2C1. The lowest BCUT2D eigenvalue weighted by Gasteiger charge is -2.24. The lowest BCUT2D eigenvalue weighted by atomic mass is 10.1. The number of fused-ring (bicyclic) bond motifs is 1. The topological polar surface area (TPSA) is 59.0 Å². The van der Waals surface area contributed by atoms with Crippen molar-refractivity contribution >= 4 is 6.09 Å². The van der Waals surface area contributed by atoms with Crippen molar-refractivity contribution in [2.45, 2.75) is 25.8 Å². The van der Waals surface area contributed by atoms with E-state index in [-0.39, 0.29) is 6.04 Å². The van der Waals surface area contributed by atoms with Crippen LogP contribution in [-0.2, 0) is 12.8 Å². The van der Waals surface area contributed by atoms with E-state index in [0.717, 1.165) is 24.0 Å². The minimum atomic E-state index is -0.862. The molecule has 0 saturated heterocycles. The van der Waals surface area contributed by atoms with Crippen LogP contribution in [0.15, 0.2) is 12.1 Å². The third-order valence-electron chi connectivity index (χ3n) is 3.64. The molecule has 5 nitrogen and oxygen atoms in total. The van der Waals surface area contributed by atoms with Crippen molar-refractivity contribution < 1.29 is 19.4 Å². The number of carboxylic acid groups (broad SMARTS) is 1. The molecule has 1 amide bonds. The summed E-state index contributed by atoms with van der Waals surface area (Å²) in [4.78, 5) is 12.7. The molecule has 1 N–H and O–H groups in total. The Morgan fingerprint density at radius 2 is 1.74 bits per heavy atom. The third kappa shape index (κ3) is 2.45. The van der Waals surface area contributed by atoms with E-state index in [2.05, 4.69) is 0 Å². The van der Waals surface area contributed by atoms with E-state index in [0.29, 0.717) is 18.0 Å². The summed E-state index contributed by atoms with van der Waals surface area (Å²) >= 11 is 0. The molecule has 104 valence electrons. The molecule has 1 aromatic rings. The zero-order chi connectivity index (χ0) is 14.0. The number of hydrogen-bond acceptors (Lipinski definition) is 3. The Bertz CT molecular complexity index is 454. The number of likely N-dealkylation sites (N-methyl/N-ethyl adjacent to an activating group) is 1. The maximum absolute atomic E-state index is 11.2. The van der Waals surface area contributed by atoms with Crippen LogP contribution in [0.25, 0.3) is 0 Å². The summed E-state index contributed by atoms with van der Waals surface area (Å²) in [6.45, 7) is 2.36. The van der Waals surface area contributed by atoms with Gasteiger partial charge in [0.1, 0.15) is 0 Å². The second-order valence-electron chi connectivity index (χ2n) is 4.61. The third-order valence-corrected chi connectivity index (χ3v) is 3.64. The second kappa shape index (κ2) is 5.38. The zero-order valence-corrected chi connectivity index (χ0v) is 11.5. The highest BCUT2D eigenvalue weighted by Crippen LogP contribution is 2.36. The molecule has 1 aliphatic rings. The number of benzene rings is 1. The molecular formula is C14H19NO4. The summed E-state index contributed by atoms with van der Waals surface area (Å²) in [5, 5.41) is 9.19. The van der Waals surface area contributed by atoms with Gasteiger partial charge in [0.05, 0.1) is 14.2 Å². The first kappa shape index (κ1) is 13.5. The van der Waals surface area contributed by atoms with Crippen LogP contribution in [0.4, 0.5) is 4.79 Å². The van der Waals surface area contributed by atoms with E-state index in [9.17, 15) is 9.90 Å². The molecule has 0 aliphatic heterocycles. The van der Waals surface area contributed by atoms with Gasteiger partial charge in [-0.3, -0.25) is 0 Å². The Morgan fingerprint density at radius 1 is 1.26 bits per heavy atom. The fourth-order valence-corrected chi connectivity index (χ4v) is 2.69. The Hall–Kier alpha value is -1.91. The predicted octanol–water partition coefficient (Wildman–Crippen LogP) is 2.17. The minimum absolute atomic E-state index is 0.00862. The molecule has 0 saturated carbocycles. The van der Waals surface area contributed by atoms with Crippen molar-refractivity contribution in [1.29, 1.82) is 0 Å². The highest BCUT2D eigenvalue weighted by atomic mass is 16.5. The summed E-state index contributed by atoms with van der Waals surface area (Å²) in [5.41, 5.74) is 2.28. The van der Waals surface area contributed by atoms with E-state index < -0.39 is 6.09 Å². The van der Waals surface area contributed by atoms with Crippen LogP contribution >= 0.6 is 0 Å². The molecule has 5 heteroatoms. The normalized spacial score (nSPS) is 14.1. The van der Waals surface area contributed by atoms with Gasteiger partial charge in [-0.2, -0.15) is 0 Å². The average molecular weight is 265 g/mol. The van der Waals surface area contributed by atoms with Gasteiger partial charge in [0.25, 0.3) is 0 Å². The van der Waals surface area contributed by atoms with Crippen molar-refractivity contribution in [1.82, 2.24) is 4.90 Å². The highest BCUT2D eigenvalue weighted by molar-refractivity contribution is 5.66. The van der Waals surface area contributed by atoms with Crippen LogP contribution in [0, 0.1) is 0 Å². The second-order valence-corrected chi connectivity index (χ2v) is 4.61. The lowest BCUT2D eigenvalue weighted by molar-refractivity contribution is 0.129. The number of nitrogens with zero attached hydrogens (tertiary/aromatic N) is 1. The predicted molar refractivity (Wildman–Crippen MR) is 71.1 cm³/mol. The number of methoxy groups -OCH3 is 2. The number of hydrogen-bond donors (Lipinski definition) is 1. The van der Waals surface area contributed by atoms with Crippen molar-refractivity contribution in [2.75, 3.05) is 20.8 Å². The Kier molecular flexibility index (Phi) is 3.83. The Morgan fingerprint density at radius 3 is 2.05 bits per heavy atom. The maximum atomic E-state index is 11.2. The zero-order valence-electron chi connectivity index (χ0n) is 11.5. The molecule has 0 atom stereocenters. The van der Waals surface area contributed by atoms with Crippen molar-refractivity contribution in [3.05, 3.63) is 23.3 Å². The minimum Gasteiger partial charge on any atom is -0.493 e. The monoisotopic (exact) mass is 265 g/mol. The lowest BCUT2D eigenvalue weighted by Crippen LogP contribution is -2.39. The standard InChI is InChI=1S/C14H19NO4/c1-4-15(14(16)17)11-5-9-7-12(18-2)13(19-3)8-10(9)6-11/h7-8,11H,4-6H2,1-3H3,(H,16,17). The van der Waals surface area contributed by atoms with Gasteiger partial charge in [-0.15, -0.1) is 0 Å². The quantitative estimate of drug-likeness (QED) is 0.906. The van der Waals surface area contributed by atoms with Gasteiger partial charge >= 0.3 is 6.09 Å². The van der Waals surface area contributed by atoms with E-state index in [1.54, 1.807) is 14.2 Å². The molecule has 2 rings (SSSR count). The molecular weight excluding hydrogens is 246 g/mol. The molecule has 0 spiro atoms. The summed E-state index contributed by atoms with van der Waals surface area (Å²) < 4.78 is 10.6. The summed E-state index contributed by atoms with van der Waals surface area (Å²) in [6.07, 6.45) is 0.602. The molecule has 1 aliphatic carbocycles. The first-order valence-corrected chi connectivity index (χ1v) is 6.34. The highest BCUT2D eigenvalue weighted by Gasteiger charge is 2.30. The molecule has 0 fully saturated rings. The number of amides is 1. The van der Waals surface area contributed by atoms with Gasteiger partial charge < -0.3 is 19.5 Å². The molecule has 0 bridgehead atoms. The van der Waals surface area contributed by atoms with E-state index in [1.165, 1.54) is 4.90 Å². The number of rotatable bonds is 4. The van der Waals surface area contributed by atoms with Crippen molar-refractivity contribution in [3.8, 4) is 11.5 Å². The van der Waals surface area contributed by atoms with Crippen molar-refractivity contribution in [3.63, 3.8) is 0 Å². The van der Waals surface area contributed by atoms with E-state index in [1.807, 2.05) is 19.1 Å². The molecule has 0 heterocycles. The fraction of sp³-hybridized carbons (Fsp3) is 0.500. The van der Waals surface area contributed by atoms with Crippen LogP contribution in [0.2, 0.25) is 0 Å². The van der Waals surface area contributed by atoms with Crippen LogP contribution in [0.5, 0.6) is 11.5 Å². The molecule has 0 radical (unpaired) electrons. The van der Waals surface area contributed by atoms with Gasteiger partial charge in [0, 0.05) is 12.6 Å². The molecule has 0 aromatic heterocycles. The molecule has 19 heavy (non-hydrogen) atoms. The maximum Gasteiger partial charge on any atom is 0.407 e. The Balaban J connectivity index is 2.27. The fourth-order valence-electron chi connectivity index (χ4n) is 2.69. The smallest absolute Gasteiger partial charge is 0.407 e. The van der Waals surface area contributed by atoms with Crippen LogP contribution in [-0.4, -0.2) is 42.9 Å². The van der Waals surface area contributed by atoms with Crippen LogP contribution in [0.3, 0.4) is 0 Å². The largest absolute Gasteiger partial charge is 0.493 e. The van der Waals surface area contributed by atoms with E-state index in [4.69, 9.17) is 9.47 Å². The van der Waals surface area contributed by atoms with E-state index >= 15 is 0 Å². The summed E-state index contributed by atoms with van der Waals surface area (Å²) in [7, 11) is 3.21. The van der Waals surface area contributed by atoms with Crippen molar-refractivity contribution in [2.24, 2.45) is 0 Å². The number of carbonyl (C=O) groups is 1. The summed E-state index contributed by atoms with van der Waals surface area (Å²) in [5.74, 6) is 1.39. The first-order chi connectivity index (χ1) is 9.10. The molecule has 1 aromatic carbocycles. The summed E-state index contributed by atoms with van der Waals surface area (Å²) in [6, 6.07) is 3.91.